The number of rotatable bonds is 5. The van der Waals surface area contributed by atoms with E-state index >= 15 is 0 Å². The van der Waals surface area contributed by atoms with Crippen LogP contribution in [0.2, 0.25) is 0 Å². The van der Waals surface area contributed by atoms with Crippen LogP contribution in [0.3, 0.4) is 0 Å². The Morgan fingerprint density at radius 1 is 1.04 bits per heavy atom. The van der Waals surface area contributed by atoms with Crippen molar-refractivity contribution in [1.29, 1.82) is 0 Å². The quantitative estimate of drug-likeness (QED) is 0.802. The van der Waals surface area contributed by atoms with Gasteiger partial charge in [0.05, 0.1) is 5.92 Å². The van der Waals surface area contributed by atoms with Crippen LogP contribution in [0, 0.1) is 12.8 Å². The van der Waals surface area contributed by atoms with Crippen molar-refractivity contribution in [1.82, 2.24) is 25.0 Å². The molecule has 2 aromatic rings. The Bertz CT molecular complexity index is 733. The predicted octanol–water partition coefficient (Wildman–Crippen LogP) is 1.15. The number of hydrogen-bond donors (Lipinski definition) is 0. The highest BCUT2D eigenvalue weighted by Crippen LogP contribution is 2.21. The van der Waals surface area contributed by atoms with Gasteiger partial charge in [0.25, 0.3) is 0 Å². The van der Waals surface area contributed by atoms with Gasteiger partial charge >= 0.3 is 0 Å². The fourth-order valence-corrected chi connectivity index (χ4v) is 3.69. The Hall–Kier alpha value is -2.25. The lowest BCUT2D eigenvalue weighted by Gasteiger charge is -2.42. The summed E-state index contributed by atoms with van der Waals surface area (Å²) in [6.45, 7) is 8.65. The molecule has 7 nitrogen and oxygen atoms in total. The molecule has 2 aliphatic rings. The van der Waals surface area contributed by atoms with Gasteiger partial charge in [-0.15, -0.1) is 0 Å². The van der Waals surface area contributed by atoms with Gasteiger partial charge in [-0.3, -0.25) is 14.6 Å². The maximum Gasteiger partial charge on any atom is 0.228 e. The fraction of sp³-hybridized carbons (Fsp3) is 0.526. The van der Waals surface area contributed by atoms with Gasteiger partial charge in [-0.25, -0.2) is 4.63 Å². The lowest BCUT2D eigenvalue weighted by Crippen LogP contribution is -2.57. The molecule has 4 rings (SSSR count). The highest BCUT2D eigenvalue weighted by atomic mass is 16.6. The van der Waals surface area contributed by atoms with E-state index in [0.717, 1.165) is 63.7 Å². The molecule has 0 aliphatic carbocycles. The minimum Gasteiger partial charge on any atom is -0.340 e. The number of piperazine rings is 1. The van der Waals surface area contributed by atoms with Crippen molar-refractivity contribution in [3.05, 3.63) is 47.3 Å². The molecule has 0 radical (unpaired) electrons. The largest absolute Gasteiger partial charge is 0.340 e. The summed E-state index contributed by atoms with van der Waals surface area (Å²) >= 11 is 0. The van der Waals surface area contributed by atoms with Crippen LogP contribution < -0.4 is 0 Å². The molecule has 0 bridgehead atoms. The van der Waals surface area contributed by atoms with Gasteiger partial charge in [0, 0.05) is 52.4 Å². The van der Waals surface area contributed by atoms with Gasteiger partial charge in [0.15, 0.2) is 0 Å². The summed E-state index contributed by atoms with van der Waals surface area (Å²) in [5.41, 5.74) is 3.04. The van der Waals surface area contributed by atoms with Gasteiger partial charge in [-0.2, -0.15) is 0 Å². The maximum atomic E-state index is 12.7. The summed E-state index contributed by atoms with van der Waals surface area (Å²) in [4.78, 5) is 19.4. The van der Waals surface area contributed by atoms with Crippen LogP contribution >= 0.6 is 0 Å². The summed E-state index contributed by atoms with van der Waals surface area (Å²) in [7, 11) is 0. The average molecular weight is 355 g/mol. The molecule has 2 aliphatic heterocycles. The highest BCUT2D eigenvalue weighted by molar-refractivity contribution is 5.80. The molecule has 0 saturated carbocycles. The minimum absolute atomic E-state index is 0.159. The Morgan fingerprint density at radius 3 is 2.42 bits per heavy atom. The summed E-state index contributed by atoms with van der Waals surface area (Å²) < 4.78 is 4.76. The smallest absolute Gasteiger partial charge is 0.228 e. The monoisotopic (exact) mass is 355 g/mol. The number of nitrogens with zero attached hydrogens (tertiary/aromatic N) is 5. The number of benzene rings is 1. The van der Waals surface area contributed by atoms with E-state index in [1.165, 1.54) is 5.56 Å². The first-order chi connectivity index (χ1) is 12.7. The number of aromatic nitrogens is 2. The van der Waals surface area contributed by atoms with Crippen molar-refractivity contribution in [3.63, 3.8) is 0 Å². The highest BCUT2D eigenvalue weighted by Gasteiger charge is 2.36. The molecule has 26 heavy (non-hydrogen) atoms. The van der Waals surface area contributed by atoms with Gasteiger partial charge in [-0.05, 0) is 12.5 Å². The summed E-state index contributed by atoms with van der Waals surface area (Å²) in [6.07, 6.45) is 0. The molecule has 3 heterocycles. The van der Waals surface area contributed by atoms with E-state index in [4.69, 9.17) is 4.63 Å². The lowest BCUT2D eigenvalue weighted by molar-refractivity contribution is -0.143. The average Bonchev–Trinajstić information content (AvgIpc) is 3.03. The molecule has 1 aromatic heterocycles. The van der Waals surface area contributed by atoms with Crippen molar-refractivity contribution in [3.8, 4) is 0 Å². The third-order valence-electron chi connectivity index (χ3n) is 5.36. The van der Waals surface area contributed by atoms with E-state index in [1.807, 2.05) is 17.9 Å². The second-order valence-corrected chi connectivity index (χ2v) is 7.27. The molecule has 2 saturated heterocycles. The lowest BCUT2D eigenvalue weighted by atomic mass is 9.97. The Balaban J connectivity index is 1.20. The van der Waals surface area contributed by atoms with E-state index in [0.29, 0.717) is 5.91 Å². The minimum atomic E-state index is 0.159. The van der Waals surface area contributed by atoms with Crippen molar-refractivity contribution in [2.75, 3.05) is 39.3 Å². The summed E-state index contributed by atoms with van der Waals surface area (Å²) in [6, 6.07) is 10.4. The topological polar surface area (TPSA) is 65.7 Å². The van der Waals surface area contributed by atoms with Crippen LogP contribution in [0.5, 0.6) is 0 Å². The van der Waals surface area contributed by atoms with Gasteiger partial charge in [0.2, 0.25) is 5.91 Å². The van der Waals surface area contributed by atoms with E-state index in [2.05, 4.69) is 44.4 Å². The normalized spacial score (nSPS) is 19.5. The van der Waals surface area contributed by atoms with E-state index < -0.39 is 0 Å². The first-order valence-electron chi connectivity index (χ1n) is 9.24. The van der Waals surface area contributed by atoms with Crippen LogP contribution in [-0.2, 0) is 17.9 Å². The Kier molecular flexibility index (Phi) is 4.99. The van der Waals surface area contributed by atoms with Crippen molar-refractivity contribution < 1.29 is 9.42 Å². The zero-order chi connectivity index (χ0) is 17.9. The Labute approximate surface area is 153 Å². The number of carbonyl (C=O) groups excluding carboxylic acids is 1. The third kappa shape index (κ3) is 3.78. The third-order valence-corrected chi connectivity index (χ3v) is 5.36. The molecule has 0 spiro atoms. The Morgan fingerprint density at radius 2 is 1.77 bits per heavy atom. The van der Waals surface area contributed by atoms with Gasteiger partial charge < -0.3 is 4.90 Å². The number of hydrogen-bond acceptors (Lipinski definition) is 6. The molecule has 7 heteroatoms. The van der Waals surface area contributed by atoms with E-state index in [9.17, 15) is 4.79 Å². The van der Waals surface area contributed by atoms with Crippen LogP contribution in [0.1, 0.15) is 17.0 Å². The molecule has 0 atom stereocenters. The zero-order valence-corrected chi connectivity index (χ0v) is 15.2. The fourth-order valence-electron chi connectivity index (χ4n) is 3.69. The molecular formula is C19H25N5O2. The molecular weight excluding hydrogens is 330 g/mol. The number of amides is 1. The maximum absolute atomic E-state index is 12.7. The van der Waals surface area contributed by atoms with Crippen LogP contribution in [-0.4, -0.2) is 70.2 Å². The second-order valence-electron chi connectivity index (χ2n) is 7.27. The number of carbonyl (C=O) groups is 1. The number of aryl methyl sites for hydroxylation is 1. The number of likely N-dealkylation sites (tertiary alicyclic amines) is 1. The van der Waals surface area contributed by atoms with Gasteiger partial charge in [-0.1, -0.05) is 40.6 Å². The molecule has 2 fully saturated rings. The van der Waals surface area contributed by atoms with Crippen molar-refractivity contribution in [2.45, 2.75) is 20.0 Å². The van der Waals surface area contributed by atoms with E-state index in [1.54, 1.807) is 0 Å². The van der Waals surface area contributed by atoms with E-state index in [-0.39, 0.29) is 5.92 Å². The second kappa shape index (κ2) is 7.55. The van der Waals surface area contributed by atoms with Crippen molar-refractivity contribution >= 4 is 5.91 Å². The molecule has 1 aromatic carbocycles. The standard InChI is InChI=1S/C19H25N5O2/c1-15-18(21-26-20-15)14-22-7-9-24(10-8-22)19(25)17-12-23(13-17)11-16-5-3-2-4-6-16/h2-6,17H,7-14H2,1H3. The molecule has 0 N–H and O–H groups in total. The summed E-state index contributed by atoms with van der Waals surface area (Å²) in [5, 5.41) is 7.77. The summed E-state index contributed by atoms with van der Waals surface area (Å²) in [5.74, 6) is 0.473. The molecule has 1 amide bonds. The first-order valence-corrected chi connectivity index (χ1v) is 9.24. The van der Waals surface area contributed by atoms with Gasteiger partial charge in [0.1, 0.15) is 11.4 Å². The zero-order valence-electron chi connectivity index (χ0n) is 15.2. The molecule has 138 valence electrons. The van der Waals surface area contributed by atoms with Crippen LogP contribution in [0.25, 0.3) is 0 Å². The van der Waals surface area contributed by atoms with Crippen LogP contribution in [0.15, 0.2) is 35.0 Å². The molecule has 0 unspecified atom stereocenters. The predicted molar refractivity (Wildman–Crippen MR) is 96.1 cm³/mol. The van der Waals surface area contributed by atoms with Crippen LogP contribution in [0.4, 0.5) is 0 Å². The SMILES string of the molecule is Cc1nonc1CN1CCN(C(=O)C2CN(Cc3ccccc3)C2)CC1. The first kappa shape index (κ1) is 17.2. The van der Waals surface area contributed by atoms with Crippen molar-refractivity contribution in [2.24, 2.45) is 5.92 Å².